The molecule has 0 saturated heterocycles. The van der Waals surface area contributed by atoms with Crippen LogP contribution in [0.1, 0.15) is 46.5 Å². The van der Waals surface area contributed by atoms with Crippen molar-refractivity contribution in [1.29, 1.82) is 0 Å². The first kappa shape index (κ1) is 13.4. The summed E-state index contributed by atoms with van der Waals surface area (Å²) >= 11 is 0. The second kappa shape index (κ2) is 7.81. The van der Waals surface area contributed by atoms with Gasteiger partial charge >= 0.3 is 0 Å². The predicted molar refractivity (Wildman–Crippen MR) is 63.3 cm³/mol. The molecule has 0 bridgehead atoms. The van der Waals surface area contributed by atoms with Crippen LogP contribution in [0.15, 0.2) is 24.3 Å². The van der Waals surface area contributed by atoms with Crippen LogP contribution in [0.4, 0.5) is 0 Å². The minimum atomic E-state index is -0.200. The molecule has 0 aromatic heterocycles. The zero-order chi connectivity index (χ0) is 11.0. The maximum absolute atomic E-state index is 9.54. The summed E-state index contributed by atoms with van der Waals surface area (Å²) < 4.78 is 0. The van der Waals surface area contributed by atoms with Gasteiger partial charge in [-0.15, -0.1) is 6.58 Å². The second-order valence-electron chi connectivity index (χ2n) is 4.38. The molecule has 0 saturated carbocycles. The molecule has 14 heavy (non-hydrogen) atoms. The van der Waals surface area contributed by atoms with E-state index in [-0.39, 0.29) is 6.10 Å². The van der Waals surface area contributed by atoms with Gasteiger partial charge in [-0.05, 0) is 45.4 Å². The molecule has 82 valence electrons. The maximum atomic E-state index is 9.54. The van der Waals surface area contributed by atoms with Gasteiger partial charge < -0.3 is 5.11 Å². The van der Waals surface area contributed by atoms with Gasteiger partial charge in [0.05, 0.1) is 6.10 Å². The van der Waals surface area contributed by atoms with E-state index in [9.17, 15) is 5.11 Å². The monoisotopic (exact) mass is 196 g/mol. The Kier molecular flexibility index (Phi) is 7.50. The van der Waals surface area contributed by atoms with Crippen molar-refractivity contribution in [2.24, 2.45) is 5.92 Å². The van der Waals surface area contributed by atoms with Gasteiger partial charge in [0.1, 0.15) is 0 Å². The lowest BCUT2D eigenvalue weighted by molar-refractivity contribution is 0.146. The van der Waals surface area contributed by atoms with Crippen LogP contribution in [-0.4, -0.2) is 11.2 Å². The number of hydrogen-bond acceptors (Lipinski definition) is 1. The van der Waals surface area contributed by atoms with Crippen LogP contribution < -0.4 is 0 Å². The van der Waals surface area contributed by atoms with Gasteiger partial charge in [0.25, 0.3) is 0 Å². The fourth-order valence-corrected chi connectivity index (χ4v) is 1.53. The fraction of sp³-hybridized carbons (Fsp3) is 0.692. The van der Waals surface area contributed by atoms with Crippen LogP contribution in [-0.2, 0) is 0 Å². The Balaban J connectivity index is 3.59. The van der Waals surface area contributed by atoms with E-state index in [1.54, 1.807) is 6.08 Å². The summed E-state index contributed by atoms with van der Waals surface area (Å²) in [4.78, 5) is 0. The minimum absolute atomic E-state index is 0.200. The Morgan fingerprint density at radius 1 is 1.43 bits per heavy atom. The van der Waals surface area contributed by atoms with Gasteiger partial charge in [0, 0.05) is 0 Å². The van der Waals surface area contributed by atoms with Crippen LogP contribution in [0, 0.1) is 5.92 Å². The van der Waals surface area contributed by atoms with Gasteiger partial charge in [0.2, 0.25) is 0 Å². The maximum Gasteiger partial charge on any atom is 0.0577 e. The summed E-state index contributed by atoms with van der Waals surface area (Å²) in [7, 11) is 0. The van der Waals surface area contributed by atoms with Crippen molar-refractivity contribution >= 4 is 0 Å². The van der Waals surface area contributed by atoms with E-state index in [4.69, 9.17) is 0 Å². The highest BCUT2D eigenvalue weighted by Gasteiger charge is 2.07. The largest absolute Gasteiger partial charge is 0.393 e. The molecule has 0 aliphatic rings. The van der Waals surface area contributed by atoms with Crippen molar-refractivity contribution in [1.82, 2.24) is 0 Å². The number of aliphatic hydroxyl groups is 1. The van der Waals surface area contributed by atoms with Gasteiger partial charge in [-0.1, -0.05) is 24.6 Å². The van der Waals surface area contributed by atoms with Crippen LogP contribution >= 0.6 is 0 Å². The summed E-state index contributed by atoms with van der Waals surface area (Å²) in [6, 6.07) is 0. The molecule has 0 aromatic rings. The van der Waals surface area contributed by atoms with E-state index in [1.807, 2.05) is 0 Å². The van der Waals surface area contributed by atoms with Gasteiger partial charge in [0.15, 0.2) is 0 Å². The van der Waals surface area contributed by atoms with E-state index in [0.717, 1.165) is 12.8 Å². The molecule has 1 N–H and O–H groups in total. The van der Waals surface area contributed by atoms with Crippen molar-refractivity contribution < 1.29 is 5.11 Å². The third-order valence-corrected chi connectivity index (χ3v) is 2.33. The molecule has 1 heteroatoms. The molecule has 1 unspecified atom stereocenters. The first-order valence-electron chi connectivity index (χ1n) is 5.48. The van der Waals surface area contributed by atoms with Gasteiger partial charge in [-0.2, -0.15) is 0 Å². The Labute approximate surface area is 88.5 Å². The van der Waals surface area contributed by atoms with Crippen molar-refractivity contribution in [2.45, 2.75) is 52.6 Å². The topological polar surface area (TPSA) is 20.2 Å². The Morgan fingerprint density at radius 2 is 2.07 bits per heavy atom. The molecule has 0 amide bonds. The van der Waals surface area contributed by atoms with Gasteiger partial charge in [-0.25, -0.2) is 0 Å². The smallest absolute Gasteiger partial charge is 0.0577 e. The summed E-state index contributed by atoms with van der Waals surface area (Å²) in [5, 5.41) is 9.54. The van der Waals surface area contributed by atoms with E-state index >= 15 is 0 Å². The standard InChI is InChI=1S/C13H24O/c1-5-7-13(14)10-12(4)9-6-8-11(2)3/h5,8,12-14H,1,6-7,9-10H2,2-4H3/t12-,13?/m0/s1. The van der Waals surface area contributed by atoms with Crippen molar-refractivity contribution in [3.8, 4) is 0 Å². The number of rotatable bonds is 7. The van der Waals surface area contributed by atoms with E-state index < -0.39 is 0 Å². The molecule has 0 aliphatic heterocycles. The van der Waals surface area contributed by atoms with Crippen molar-refractivity contribution in [3.05, 3.63) is 24.3 Å². The van der Waals surface area contributed by atoms with Crippen molar-refractivity contribution in [2.75, 3.05) is 0 Å². The van der Waals surface area contributed by atoms with Crippen LogP contribution in [0.25, 0.3) is 0 Å². The molecular weight excluding hydrogens is 172 g/mol. The lowest BCUT2D eigenvalue weighted by Crippen LogP contribution is -2.10. The normalized spacial score (nSPS) is 14.6. The molecule has 0 aliphatic carbocycles. The predicted octanol–water partition coefficient (Wildman–Crippen LogP) is 3.70. The lowest BCUT2D eigenvalue weighted by atomic mass is 9.96. The zero-order valence-corrected chi connectivity index (χ0v) is 9.79. The highest BCUT2D eigenvalue weighted by atomic mass is 16.3. The molecule has 0 radical (unpaired) electrons. The quantitative estimate of drug-likeness (QED) is 0.616. The van der Waals surface area contributed by atoms with Crippen LogP contribution in [0.2, 0.25) is 0 Å². The Bertz CT molecular complexity index is 178. The lowest BCUT2D eigenvalue weighted by Gasteiger charge is -2.14. The molecular formula is C13H24O. The van der Waals surface area contributed by atoms with Gasteiger partial charge in [-0.3, -0.25) is 0 Å². The van der Waals surface area contributed by atoms with Crippen LogP contribution in [0.5, 0.6) is 0 Å². The molecule has 2 atom stereocenters. The molecule has 0 rings (SSSR count). The highest BCUT2D eigenvalue weighted by Crippen LogP contribution is 2.15. The molecule has 1 nitrogen and oxygen atoms in total. The third kappa shape index (κ3) is 8.06. The highest BCUT2D eigenvalue weighted by molar-refractivity contribution is 4.92. The minimum Gasteiger partial charge on any atom is -0.393 e. The summed E-state index contributed by atoms with van der Waals surface area (Å²) in [5.74, 6) is 0.598. The summed E-state index contributed by atoms with van der Waals surface area (Å²) in [6.45, 7) is 10.1. The Hall–Kier alpha value is -0.560. The number of aliphatic hydroxyl groups excluding tert-OH is 1. The van der Waals surface area contributed by atoms with E-state index in [1.165, 1.54) is 12.0 Å². The third-order valence-electron chi connectivity index (χ3n) is 2.33. The SMILES string of the molecule is C=CCC(O)C[C@@H](C)CCC=C(C)C. The number of hydrogen-bond donors (Lipinski definition) is 1. The number of allylic oxidation sites excluding steroid dienone is 2. The average Bonchev–Trinajstić information content (AvgIpc) is 2.03. The first-order valence-corrected chi connectivity index (χ1v) is 5.48. The summed E-state index contributed by atoms with van der Waals surface area (Å²) in [6.07, 6.45) is 7.75. The fourth-order valence-electron chi connectivity index (χ4n) is 1.53. The molecule has 0 fully saturated rings. The van der Waals surface area contributed by atoms with Crippen molar-refractivity contribution in [3.63, 3.8) is 0 Å². The van der Waals surface area contributed by atoms with E-state index in [0.29, 0.717) is 12.3 Å². The Morgan fingerprint density at radius 3 is 2.57 bits per heavy atom. The average molecular weight is 196 g/mol. The second-order valence-corrected chi connectivity index (χ2v) is 4.38. The first-order chi connectivity index (χ1) is 6.56. The zero-order valence-electron chi connectivity index (χ0n) is 9.79. The summed E-state index contributed by atoms with van der Waals surface area (Å²) in [5.41, 5.74) is 1.38. The van der Waals surface area contributed by atoms with E-state index in [2.05, 4.69) is 33.4 Å². The molecule has 0 aromatic carbocycles. The molecule has 0 spiro atoms. The molecule has 0 heterocycles. The van der Waals surface area contributed by atoms with Crippen LogP contribution in [0.3, 0.4) is 0 Å².